The summed E-state index contributed by atoms with van der Waals surface area (Å²) in [5.41, 5.74) is 0.366. The highest BCUT2D eigenvalue weighted by Crippen LogP contribution is 2.54. The molecular formula is C22H19Cl2N3O3S. The van der Waals surface area contributed by atoms with Gasteiger partial charge in [-0.3, -0.25) is 19.7 Å². The number of hydrogen-bond acceptors (Lipinski definition) is 5. The third-order valence-electron chi connectivity index (χ3n) is 6.41. The molecule has 4 unspecified atom stereocenters. The number of carbonyl (C=O) groups excluding carboxylic acids is 3. The maximum absolute atomic E-state index is 13.8. The van der Waals surface area contributed by atoms with E-state index in [-0.39, 0.29) is 22.9 Å². The minimum absolute atomic E-state index is 0.216. The highest BCUT2D eigenvalue weighted by Gasteiger charge is 2.70. The molecule has 3 aliphatic rings. The van der Waals surface area contributed by atoms with Crippen LogP contribution in [-0.4, -0.2) is 35.8 Å². The van der Waals surface area contributed by atoms with Gasteiger partial charge in [-0.05, 0) is 42.7 Å². The summed E-state index contributed by atoms with van der Waals surface area (Å²) >= 11 is 14.0. The highest BCUT2D eigenvalue weighted by molar-refractivity contribution is 7.98. The lowest BCUT2D eigenvalue weighted by molar-refractivity contribution is -0.130. The maximum atomic E-state index is 13.8. The zero-order chi connectivity index (χ0) is 21.9. The quantitative estimate of drug-likeness (QED) is 0.659. The van der Waals surface area contributed by atoms with Crippen molar-refractivity contribution in [3.63, 3.8) is 0 Å². The molecule has 1 spiro atoms. The van der Waals surface area contributed by atoms with Gasteiger partial charge in [0.1, 0.15) is 5.54 Å². The molecule has 9 heteroatoms. The van der Waals surface area contributed by atoms with Gasteiger partial charge < -0.3 is 5.32 Å². The van der Waals surface area contributed by atoms with Gasteiger partial charge in [0.2, 0.25) is 17.7 Å². The van der Waals surface area contributed by atoms with E-state index in [1.165, 1.54) is 6.07 Å². The minimum atomic E-state index is -1.29. The van der Waals surface area contributed by atoms with Crippen molar-refractivity contribution in [1.82, 2.24) is 5.32 Å². The van der Waals surface area contributed by atoms with E-state index in [9.17, 15) is 14.4 Å². The zero-order valence-electron chi connectivity index (χ0n) is 16.5. The minimum Gasteiger partial charge on any atom is -0.324 e. The topological polar surface area (TPSA) is 78.5 Å². The monoisotopic (exact) mass is 475 g/mol. The van der Waals surface area contributed by atoms with Crippen molar-refractivity contribution in [2.45, 2.75) is 18.0 Å². The van der Waals surface area contributed by atoms with Crippen LogP contribution >= 0.6 is 35.0 Å². The predicted octanol–water partition coefficient (Wildman–Crippen LogP) is 3.67. The lowest BCUT2D eigenvalue weighted by Gasteiger charge is -2.29. The Labute approximate surface area is 193 Å². The van der Waals surface area contributed by atoms with Crippen LogP contribution < -0.4 is 15.5 Å². The number of fused-ring (bicyclic) bond motifs is 4. The van der Waals surface area contributed by atoms with Crippen LogP contribution in [0.4, 0.5) is 11.4 Å². The molecule has 5 rings (SSSR count). The largest absolute Gasteiger partial charge is 0.324 e. The fraction of sp³-hybridized carbons (Fsp3) is 0.318. The number of para-hydroxylation sites is 1. The average Bonchev–Trinajstić information content (AvgIpc) is 3.32. The Balaban J connectivity index is 1.66. The fourth-order valence-electron chi connectivity index (χ4n) is 5.15. The van der Waals surface area contributed by atoms with Crippen LogP contribution in [0.1, 0.15) is 12.0 Å². The van der Waals surface area contributed by atoms with Gasteiger partial charge in [0.15, 0.2) is 0 Å². The van der Waals surface area contributed by atoms with Crippen molar-refractivity contribution in [2.24, 2.45) is 11.8 Å². The molecule has 2 aromatic carbocycles. The van der Waals surface area contributed by atoms with E-state index >= 15 is 0 Å². The number of thioether (sulfide) groups is 1. The van der Waals surface area contributed by atoms with Crippen molar-refractivity contribution in [1.29, 1.82) is 0 Å². The number of carbonyl (C=O) groups is 3. The molecule has 4 atom stereocenters. The normalized spacial score (nSPS) is 28.9. The van der Waals surface area contributed by atoms with Gasteiger partial charge in [-0.25, -0.2) is 4.90 Å². The second-order valence-corrected chi connectivity index (χ2v) is 9.78. The molecule has 3 heterocycles. The molecule has 2 saturated heterocycles. The Kier molecular flexibility index (Phi) is 5.05. The van der Waals surface area contributed by atoms with Gasteiger partial charge in [0.05, 0.1) is 22.5 Å². The van der Waals surface area contributed by atoms with E-state index in [1.807, 2.05) is 30.5 Å². The first-order chi connectivity index (χ1) is 14.9. The summed E-state index contributed by atoms with van der Waals surface area (Å²) in [6.45, 7) is 0. The van der Waals surface area contributed by atoms with E-state index in [1.54, 1.807) is 23.9 Å². The van der Waals surface area contributed by atoms with Gasteiger partial charge in [-0.1, -0.05) is 41.4 Å². The standard InChI is InChI=1S/C22H19Cl2N3O3S/c1-31-9-8-15-17-18(22(26-15)12-4-2-3-5-14(12)25-21(22)30)20(29)27(19(17)28)16-7-6-11(23)10-13(16)24/h2-7,10,15,17-18,26H,8-9H2,1H3,(H,25,30). The molecule has 0 radical (unpaired) electrons. The lowest BCUT2D eigenvalue weighted by Crippen LogP contribution is -2.53. The van der Waals surface area contributed by atoms with Crippen LogP contribution in [0.25, 0.3) is 0 Å². The van der Waals surface area contributed by atoms with Crippen molar-refractivity contribution in [3.8, 4) is 0 Å². The summed E-state index contributed by atoms with van der Waals surface area (Å²) in [6, 6.07) is 11.7. The van der Waals surface area contributed by atoms with Crippen LogP contribution in [0.2, 0.25) is 10.0 Å². The fourth-order valence-corrected chi connectivity index (χ4v) is 6.13. The summed E-state index contributed by atoms with van der Waals surface area (Å²) in [4.78, 5) is 41.8. The van der Waals surface area contributed by atoms with Crippen LogP contribution in [0.5, 0.6) is 0 Å². The van der Waals surface area contributed by atoms with E-state index in [0.29, 0.717) is 28.4 Å². The molecule has 3 amide bonds. The van der Waals surface area contributed by atoms with E-state index in [0.717, 1.165) is 10.7 Å². The van der Waals surface area contributed by atoms with Crippen molar-refractivity contribution < 1.29 is 14.4 Å². The number of nitrogens with one attached hydrogen (secondary N) is 2. The Hall–Kier alpha value is -2.06. The molecule has 2 fully saturated rings. The van der Waals surface area contributed by atoms with Crippen LogP contribution in [0.3, 0.4) is 0 Å². The number of hydrogen-bond donors (Lipinski definition) is 2. The van der Waals surface area contributed by atoms with Crippen molar-refractivity contribution in [2.75, 3.05) is 22.2 Å². The summed E-state index contributed by atoms with van der Waals surface area (Å²) < 4.78 is 0. The number of imide groups is 1. The van der Waals surface area contributed by atoms with Gasteiger partial charge in [-0.15, -0.1) is 0 Å². The summed E-state index contributed by atoms with van der Waals surface area (Å²) in [5.74, 6) is -1.80. The summed E-state index contributed by atoms with van der Waals surface area (Å²) in [6.07, 6.45) is 2.64. The number of halogens is 2. The van der Waals surface area contributed by atoms with E-state index in [4.69, 9.17) is 23.2 Å². The molecule has 0 saturated carbocycles. The number of nitrogens with zero attached hydrogens (tertiary/aromatic N) is 1. The molecule has 160 valence electrons. The van der Waals surface area contributed by atoms with Gasteiger partial charge in [0.25, 0.3) is 0 Å². The molecule has 6 nitrogen and oxygen atoms in total. The van der Waals surface area contributed by atoms with Gasteiger partial charge in [-0.2, -0.15) is 11.8 Å². The zero-order valence-corrected chi connectivity index (χ0v) is 18.9. The molecule has 2 aromatic rings. The maximum Gasteiger partial charge on any atom is 0.250 e. The SMILES string of the molecule is CSCCC1NC2(C(=O)Nc3ccccc32)C2C(=O)N(c3ccc(Cl)cc3Cl)C(=O)C12. The first-order valence-corrected chi connectivity index (χ1v) is 12.1. The smallest absolute Gasteiger partial charge is 0.250 e. The third kappa shape index (κ3) is 2.87. The number of rotatable bonds is 4. The van der Waals surface area contributed by atoms with Crippen molar-refractivity contribution in [3.05, 3.63) is 58.1 Å². The lowest BCUT2D eigenvalue weighted by atomic mass is 9.76. The summed E-state index contributed by atoms with van der Waals surface area (Å²) in [5, 5.41) is 6.94. The number of anilines is 2. The average molecular weight is 476 g/mol. The van der Waals surface area contributed by atoms with Crippen LogP contribution in [-0.2, 0) is 19.9 Å². The molecule has 3 aliphatic heterocycles. The van der Waals surface area contributed by atoms with Crippen molar-refractivity contribution >= 4 is 64.1 Å². The number of benzene rings is 2. The predicted molar refractivity (Wildman–Crippen MR) is 123 cm³/mol. The van der Waals surface area contributed by atoms with Crippen LogP contribution in [0.15, 0.2) is 42.5 Å². The Morgan fingerprint density at radius 2 is 1.87 bits per heavy atom. The molecule has 0 aromatic heterocycles. The second-order valence-electron chi connectivity index (χ2n) is 7.95. The second kappa shape index (κ2) is 7.52. The van der Waals surface area contributed by atoms with Gasteiger partial charge >= 0.3 is 0 Å². The number of amides is 3. The molecule has 0 bridgehead atoms. The first kappa shape index (κ1) is 20.8. The Morgan fingerprint density at radius 1 is 1.10 bits per heavy atom. The highest BCUT2D eigenvalue weighted by atomic mass is 35.5. The molecule has 2 N–H and O–H groups in total. The molecule has 31 heavy (non-hydrogen) atoms. The van der Waals surface area contributed by atoms with Gasteiger partial charge in [0, 0.05) is 22.3 Å². The Morgan fingerprint density at radius 3 is 2.61 bits per heavy atom. The molecular weight excluding hydrogens is 457 g/mol. The van der Waals surface area contributed by atoms with Crippen LogP contribution in [0, 0.1) is 11.8 Å². The van der Waals surface area contributed by atoms with E-state index in [2.05, 4.69) is 10.6 Å². The summed E-state index contributed by atoms with van der Waals surface area (Å²) in [7, 11) is 0. The molecule has 0 aliphatic carbocycles. The van der Waals surface area contributed by atoms with E-state index < -0.39 is 23.3 Å². The first-order valence-electron chi connectivity index (χ1n) is 9.90. The Bertz CT molecular complexity index is 1130. The third-order valence-corrected chi connectivity index (χ3v) is 7.59.